The highest BCUT2D eigenvalue weighted by molar-refractivity contribution is 6.00. The monoisotopic (exact) mass is 595 g/mol. The van der Waals surface area contributed by atoms with Gasteiger partial charge in [-0.3, -0.25) is 14.4 Å². The summed E-state index contributed by atoms with van der Waals surface area (Å²) >= 11 is 0. The lowest BCUT2D eigenvalue weighted by atomic mass is 9.77. The third-order valence-electron chi connectivity index (χ3n) is 10.4. The number of hydrogen-bond acceptors (Lipinski definition) is 5. The molecule has 0 bridgehead atoms. The largest absolute Gasteiger partial charge is 0.394 e. The molecule has 1 saturated carbocycles. The highest BCUT2D eigenvalue weighted by Crippen LogP contribution is 2.54. The first kappa shape index (κ1) is 29.0. The van der Waals surface area contributed by atoms with Crippen molar-refractivity contribution in [3.05, 3.63) is 96.1 Å². The molecule has 2 saturated heterocycles. The third kappa shape index (κ3) is 4.88. The van der Waals surface area contributed by atoms with Crippen LogP contribution in [0.2, 0.25) is 0 Å². The predicted molar refractivity (Wildman–Crippen MR) is 165 cm³/mol. The van der Waals surface area contributed by atoms with E-state index >= 15 is 0 Å². The van der Waals surface area contributed by atoms with Gasteiger partial charge in [-0.1, -0.05) is 104 Å². The van der Waals surface area contributed by atoms with Crippen LogP contribution in [-0.4, -0.2) is 87.1 Å². The minimum Gasteiger partial charge on any atom is -0.394 e. The summed E-state index contributed by atoms with van der Waals surface area (Å²) in [6, 6.07) is 18.1. The molecule has 230 valence electrons. The van der Waals surface area contributed by atoms with E-state index in [0.29, 0.717) is 26.1 Å². The first-order valence-electron chi connectivity index (χ1n) is 16.1. The van der Waals surface area contributed by atoms with E-state index in [2.05, 4.69) is 0 Å². The lowest BCUT2D eigenvalue weighted by Gasteiger charge is -2.41. The third-order valence-corrected chi connectivity index (χ3v) is 10.4. The van der Waals surface area contributed by atoms with Crippen LogP contribution in [0.5, 0.6) is 0 Å². The number of likely N-dealkylation sites (tertiary alicyclic amines) is 1. The maximum absolute atomic E-state index is 14.8. The van der Waals surface area contributed by atoms with Gasteiger partial charge in [-0.2, -0.15) is 0 Å². The van der Waals surface area contributed by atoms with Gasteiger partial charge in [0.05, 0.1) is 30.6 Å². The van der Waals surface area contributed by atoms with Crippen molar-refractivity contribution in [2.45, 2.75) is 74.9 Å². The second-order valence-electron chi connectivity index (χ2n) is 12.9. The number of amides is 3. The van der Waals surface area contributed by atoms with Crippen molar-refractivity contribution >= 4 is 17.7 Å². The van der Waals surface area contributed by atoms with Crippen LogP contribution in [0.4, 0.5) is 0 Å². The van der Waals surface area contributed by atoms with Crippen molar-refractivity contribution in [2.75, 3.05) is 19.7 Å². The maximum atomic E-state index is 14.8. The molecular formula is C36H41N3O5. The Balaban J connectivity index is 1.29. The quantitative estimate of drug-likeness (QED) is 0.495. The summed E-state index contributed by atoms with van der Waals surface area (Å²) in [7, 11) is 0. The van der Waals surface area contributed by atoms with Crippen LogP contribution in [-0.2, 0) is 32.1 Å². The zero-order valence-electron chi connectivity index (χ0n) is 25.0. The van der Waals surface area contributed by atoms with E-state index in [-0.39, 0.29) is 30.4 Å². The fourth-order valence-corrected chi connectivity index (χ4v) is 8.34. The Hall–Kier alpha value is -3.75. The Kier molecular flexibility index (Phi) is 7.89. The Bertz CT molecular complexity index is 1440. The van der Waals surface area contributed by atoms with Gasteiger partial charge in [-0.25, -0.2) is 0 Å². The van der Waals surface area contributed by atoms with Gasteiger partial charge >= 0.3 is 0 Å². The molecule has 8 heteroatoms. The number of nitrogens with zero attached hydrogens (tertiary/aromatic N) is 3. The van der Waals surface area contributed by atoms with Crippen LogP contribution in [0, 0.1) is 11.8 Å². The molecule has 4 heterocycles. The van der Waals surface area contributed by atoms with Crippen LogP contribution in [0.25, 0.3) is 0 Å². The smallest absolute Gasteiger partial charge is 0.249 e. The van der Waals surface area contributed by atoms with Gasteiger partial charge < -0.3 is 24.5 Å². The van der Waals surface area contributed by atoms with Crippen LogP contribution in [0.1, 0.15) is 43.2 Å². The summed E-state index contributed by atoms with van der Waals surface area (Å²) in [5.41, 5.74) is 0.675. The van der Waals surface area contributed by atoms with Crippen LogP contribution < -0.4 is 0 Å². The fraction of sp³-hybridized carbons (Fsp3) is 0.472. The standard InChI is InChI=1S/C36H41N3O5/c40-24-28(22-25-12-4-1-5-13-25)39-32-35(43)38(27-16-8-3-9-17-27)21-11-19-36(32)31(34(39)42)30-29(44-36)18-10-20-37(33(30)41)23-26-14-6-2-7-15-26/h1-2,4-7,10-15,18-19,27-32,40H,3,8-9,16-17,20-24H2/t28-,29+,30-,31+,32?,36+/m1/s1. The zero-order valence-corrected chi connectivity index (χ0v) is 25.0. The van der Waals surface area contributed by atoms with E-state index in [0.717, 1.165) is 36.8 Å². The molecule has 6 atom stereocenters. The molecule has 0 aromatic heterocycles. The number of rotatable bonds is 7. The number of fused-ring (bicyclic) bond motifs is 2. The molecule has 1 aliphatic carbocycles. The van der Waals surface area contributed by atoms with E-state index in [1.54, 1.807) is 9.80 Å². The number of ether oxygens (including phenoxy) is 1. The molecule has 1 unspecified atom stereocenters. The number of aliphatic hydroxyl groups excluding tert-OH is 1. The second-order valence-corrected chi connectivity index (χ2v) is 12.9. The van der Waals surface area contributed by atoms with Gasteiger partial charge in [-0.05, 0) is 30.4 Å². The minimum atomic E-state index is -1.30. The number of hydrogen-bond donors (Lipinski definition) is 1. The van der Waals surface area contributed by atoms with Crippen LogP contribution in [0.15, 0.2) is 85.0 Å². The van der Waals surface area contributed by atoms with Gasteiger partial charge in [-0.15, -0.1) is 0 Å². The average molecular weight is 596 g/mol. The first-order chi connectivity index (χ1) is 21.5. The van der Waals surface area contributed by atoms with Crippen LogP contribution in [0.3, 0.4) is 0 Å². The molecule has 2 aromatic carbocycles. The highest BCUT2D eigenvalue weighted by atomic mass is 16.5. The Morgan fingerprint density at radius 2 is 1.55 bits per heavy atom. The molecule has 3 fully saturated rings. The summed E-state index contributed by atoms with van der Waals surface area (Å²) in [5.74, 6) is -2.21. The van der Waals surface area contributed by atoms with Crippen molar-refractivity contribution in [2.24, 2.45) is 11.8 Å². The van der Waals surface area contributed by atoms with Gasteiger partial charge in [0.1, 0.15) is 11.6 Å². The molecule has 1 N–H and O–H groups in total. The molecule has 0 radical (unpaired) electrons. The van der Waals surface area contributed by atoms with Crippen molar-refractivity contribution in [3.63, 3.8) is 0 Å². The molecule has 5 aliphatic rings. The molecule has 1 spiro atoms. The Labute approximate surface area is 259 Å². The highest BCUT2D eigenvalue weighted by Gasteiger charge is 2.72. The van der Waals surface area contributed by atoms with E-state index in [4.69, 9.17) is 4.74 Å². The van der Waals surface area contributed by atoms with E-state index < -0.39 is 35.6 Å². The van der Waals surface area contributed by atoms with Crippen LogP contribution >= 0.6 is 0 Å². The Morgan fingerprint density at radius 3 is 2.25 bits per heavy atom. The lowest BCUT2D eigenvalue weighted by Crippen LogP contribution is -2.60. The van der Waals surface area contributed by atoms with Gasteiger partial charge in [0.15, 0.2) is 0 Å². The summed E-state index contributed by atoms with van der Waals surface area (Å²) in [6.45, 7) is 0.985. The second kappa shape index (κ2) is 12.0. The summed E-state index contributed by atoms with van der Waals surface area (Å²) < 4.78 is 6.85. The van der Waals surface area contributed by atoms with E-state index in [1.807, 2.05) is 89.9 Å². The van der Waals surface area contributed by atoms with E-state index in [1.165, 1.54) is 6.42 Å². The van der Waals surface area contributed by atoms with Crippen molar-refractivity contribution in [3.8, 4) is 0 Å². The van der Waals surface area contributed by atoms with E-state index in [9.17, 15) is 19.5 Å². The lowest BCUT2D eigenvalue weighted by molar-refractivity contribution is -0.153. The molecule has 4 aliphatic heterocycles. The molecule has 3 amide bonds. The van der Waals surface area contributed by atoms with Crippen molar-refractivity contribution in [1.29, 1.82) is 0 Å². The van der Waals surface area contributed by atoms with Gasteiger partial charge in [0.2, 0.25) is 17.7 Å². The number of aliphatic hydroxyl groups is 1. The SMILES string of the molecule is O=C1[C@@H]2[C@H](C=CCN1Cc1ccccc1)O[C@]13C=CCN(C4CCCCC4)C(=O)C1N([C@@H](CO)Cc1ccccc1)C(=O)[C@H]23. The molecule has 8 nitrogen and oxygen atoms in total. The van der Waals surface area contributed by atoms with Crippen molar-refractivity contribution in [1.82, 2.24) is 14.7 Å². The molecule has 2 aromatic rings. The number of carbonyl (C=O) groups excluding carboxylic acids is 3. The molecule has 44 heavy (non-hydrogen) atoms. The first-order valence-corrected chi connectivity index (χ1v) is 16.1. The maximum Gasteiger partial charge on any atom is 0.249 e. The van der Waals surface area contributed by atoms with Gasteiger partial charge in [0.25, 0.3) is 0 Å². The number of carbonyl (C=O) groups is 3. The molecule has 7 rings (SSSR count). The predicted octanol–water partition coefficient (Wildman–Crippen LogP) is 3.50. The number of benzene rings is 2. The normalized spacial score (nSPS) is 31.0. The fourth-order valence-electron chi connectivity index (χ4n) is 8.34. The molecular weight excluding hydrogens is 554 g/mol. The summed E-state index contributed by atoms with van der Waals surface area (Å²) in [6.07, 6.45) is 12.7. The summed E-state index contributed by atoms with van der Waals surface area (Å²) in [4.78, 5) is 49.3. The topological polar surface area (TPSA) is 90.4 Å². The summed E-state index contributed by atoms with van der Waals surface area (Å²) in [5, 5.41) is 10.8. The van der Waals surface area contributed by atoms with Gasteiger partial charge in [0, 0.05) is 25.7 Å². The zero-order chi connectivity index (χ0) is 30.3. The van der Waals surface area contributed by atoms with Crippen molar-refractivity contribution < 1.29 is 24.2 Å². The Morgan fingerprint density at radius 1 is 0.841 bits per heavy atom. The average Bonchev–Trinajstić information content (AvgIpc) is 3.38. The minimum absolute atomic E-state index is 0.100.